The maximum absolute atomic E-state index is 11.3. The van der Waals surface area contributed by atoms with E-state index in [1.165, 1.54) is 11.3 Å². The summed E-state index contributed by atoms with van der Waals surface area (Å²) in [4.78, 5) is 15.3. The lowest BCUT2D eigenvalue weighted by Gasteiger charge is -1.97. The van der Waals surface area contributed by atoms with Gasteiger partial charge in [-0.3, -0.25) is 0 Å². The van der Waals surface area contributed by atoms with Gasteiger partial charge < -0.3 is 4.74 Å². The molecule has 4 heteroatoms. The summed E-state index contributed by atoms with van der Waals surface area (Å²) in [5, 5.41) is 2.59. The van der Waals surface area contributed by atoms with Crippen LogP contribution in [0.2, 0.25) is 0 Å². The number of aromatic nitrogens is 1. The Hall–Kier alpha value is -1.16. The van der Waals surface area contributed by atoms with Gasteiger partial charge in [0.2, 0.25) is 0 Å². The molecule has 0 bridgehead atoms. The predicted octanol–water partition coefficient (Wildman–Crippen LogP) is 2.57. The molecule has 0 amide bonds. The molecule has 0 atom stereocenters. The number of hydrogen-bond donors (Lipinski definition) is 0. The van der Waals surface area contributed by atoms with Crippen molar-refractivity contribution in [3.63, 3.8) is 0 Å². The van der Waals surface area contributed by atoms with E-state index in [2.05, 4.69) is 4.98 Å². The van der Waals surface area contributed by atoms with Crippen molar-refractivity contribution in [2.75, 3.05) is 6.61 Å². The largest absolute Gasteiger partial charge is 0.457 e. The minimum atomic E-state index is -0.352. The van der Waals surface area contributed by atoms with Crippen LogP contribution in [0.3, 0.4) is 0 Å². The summed E-state index contributed by atoms with van der Waals surface area (Å²) in [7, 11) is 0. The Kier molecular flexibility index (Phi) is 4.32. The number of allylic oxidation sites excluding steroid dienone is 1. The van der Waals surface area contributed by atoms with Crippen LogP contribution in [0.15, 0.2) is 17.5 Å². The van der Waals surface area contributed by atoms with E-state index in [4.69, 9.17) is 4.74 Å². The molecule has 14 heavy (non-hydrogen) atoms. The highest BCUT2D eigenvalue weighted by molar-refractivity contribution is 7.09. The van der Waals surface area contributed by atoms with Crippen molar-refractivity contribution in [1.29, 1.82) is 0 Å². The molecule has 0 saturated heterocycles. The van der Waals surface area contributed by atoms with E-state index in [1.54, 1.807) is 5.38 Å². The Labute approximate surface area is 87.4 Å². The summed E-state index contributed by atoms with van der Waals surface area (Å²) in [5.74, 6) is -0.352. The number of carbonyl (C=O) groups excluding carboxylic acids is 1. The first-order valence-corrected chi connectivity index (χ1v) is 5.36. The lowest BCUT2D eigenvalue weighted by Crippen LogP contribution is -2.05. The Morgan fingerprint density at radius 2 is 2.43 bits per heavy atom. The normalized spacial score (nSPS) is 10.7. The van der Waals surface area contributed by atoms with Gasteiger partial charge in [-0.05, 0) is 13.3 Å². The Balaban J connectivity index is 2.39. The third-order valence-electron chi connectivity index (χ3n) is 1.54. The van der Waals surface area contributed by atoms with Gasteiger partial charge in [-0.1, -0.05) is 19.1 Å². The fourth-order valence-corrected chi connectivity index (χ4v) is 1.47. The first-order valence-electron chi connectivity index (χ1n) is 4.48. The SMILES string of the molecule is CCC=CCOC(=O)c1csc(C)n1. The fourth-order valence-electron chi connectivity index (χ4n) is 0.890. The smallest absolute Gasteiger partial charge is 0.358 e. The number of carbonyl (C=O) groups is 1. The molecule has 0 aliphatic heterocycles. The molecule has 3 nitrogen and oxygen atoms in total. The molecule has 0 saturated carbocycles. The van der Waals surface area contributed by atoms with Crippen LogP contribution in [-0.4, -0.2) is 17.6 Å². The minimum Gasteiger partial charge on any atom is -0.457 e. The van der Waals surface area contributed by atoms with Crippen LogP contribution < -0.4 is 0 Å². The van der Waals surface area contributed by atoms with Gasteiger partial charge in [0.1, 0.15) is 6.61 Å². The van der Waals surface area contributed by atoms with Gasteiger partial charge in [-0.15, -0.1) is 11.3 Å². The number of ether oxygens (including phenoxy) is 1. The van der Waals surface area contributed by atoms with Crippen LogP contribution in [0.1, 0.15) is 28.8 Å². The summed E-state index contributed by atoms with van der Waals surface area (Å²) in [6.07, 6.45) is 4.74. The second-order valence-corrected chi connectivity index (χ2v) is 3.79. The van der Waals surface area contributed by atoms with E-state index >= 15 is 0 Å². The highest BCUT2D eigenvalue weighted by Gasteiger charge is 2.09. The van der Waals surface area contributed by atoms with E-state index in [-0.39, 0.29) is 5.97 Å². The second-order valence-electron chi connectivity index (χ2n) is 2.73. The zero-order chi connectivity index (χ0) is 10.4. The van der Waals surface area contributed by atoms with Gasteiger partial charge in [-0.25, -0.2) is 9.78 Å². The molecular weight excluding hydrogens is 198 g/mol. The molecule has 0 aromatic carbocycles. The summed E-state index contributed by atoms with van der Waals surface area (Å²) in [6.45, 7) is 4.21. The molecule has 0 N–H and O–H groups in total. The van der Waals surface area contributed by atoms with Gasteiger partial charge in [0.25, 0.3) is 0 Å². The lowest BCUT2D eigenvalue weighted by molar-refractivity contribution is 0.0543. The average Bonchev–Trinajstić information content (AvgIpc) is 2.59. The van der Waals surface area contributed by atoms with Crippen LogP contribution >= 0.6 is 11.3 Å². The third kappa shape index (κ3) is 3.30. The maximum atomic E-state index is 11.3. The summed E-state index contributed by atoms with van der Waals surface area (Å²) in [6, 6.07) is 0. The van der Waals surface area contributed by atoms with E-state index in [9.17, 15) is 4.79 Å². The number of nitrogens with zero attached hydrogens (tertiary/aromatic N) is 1. The van der Waals surface area contributed by atoms with Crippen molar-refractivity contribution in [3.05, 3.63) is 28.2 Å². The lowest BCUT2D eigenvalue weighted by atomic mass is 10.4. The van der Waals surface area contributed by atoms with Crippen LogP contribution in [-0.2, 0) is 4.74 Å². The maximum Gasteiger partial charge on any atom is 0.358 e. The van der Waals surface area contributed by atoms with Gasteiger partial charge in [0, 0.05) is 5.38 Å². The van der Waals surface area contributed by atoms with Gasteiger partial charge in [0.05, 0.1) is 5.01 Å². The second kappa shape index (κ2) is 5.54. The van der Waals surface area contributed by atoms with Crippen LogP contribution in [0.4, 0.5) is 0 Å². The molecule has 0 spiro atoms. The molecular formula is C10H13NO2S. The van der Waals surface area contributed by atoms with E-state index < -0.39 is 0 Å². The summed E-state index contributed by atoms with van der Waals surface area (Å²) in [5.41, 5.74) is 0.400. The predicted molar refractivity (Wildman–Crippen MR) is 56.6 cm³/mol. The third-order valence-corrected chi connectivity index (χ3v) is 2.31. The van der Waals surface area contributed by atoms with Crippen molar-refractivity contribution in [3.8, 4) is 0 Å². The topological polar surface area (TPSA) is 39.2 Å². The molecule has 0 aliphatic carbocycles. The van der Waals surface area contributed by atoms with E-state index in [0.717, 1.165) is 11.4 Å². The van der Waals surface area contributed by atoms with E-state index in [0.29, 0.717) is 12.3 Å². The number of rotatable bonds is 4. The quantitative estimate of drug-likeness (QED) is 0.567. The molecule has 0 aliphatic rings. The van der Waals surface area contributed by atoms with Crippen LogP contribution in [0.25, 0.3) is 0 Å². The van der Waals surface area contributed by atoms with Gasteiger partial charge in [0.15, 0.2) is 5.69 Å². The highest BCUT2D eigenvalue weighted by Crippen LogP contribution is 2.08. The molecule has 0 radical (unpaired) electrons. The van der Waals surface area contributed by atoms with Crippen LogP contribution in [0.5, 0.6) is 0 Å². The number of esters is 1. The summed E-state index contributed by atoms with van der Waals surface area (Å²) < 4.78 is 4.96. The first-order chi connectivity index (χ1) is 6.74. The monoisotopic (exact) mass is 211 g/mol. The zero-order valence-corrected chi connectivity index (χ0v) is 9.13. The molecule has 0 fully saturated rings. The first kappa shape index (κ1) is 10.9. The van der Waals surface area contributed by atoms with Crippen molar-refractivity contribution in [2.24, 2.45) is 0 Å². The number of hydrogen-bond acceptors (Lipinski definition) is 4. The molecule has 1 aromatic rings. The average molecular weight is 211 g/mol. The Morgan fingerprint density at radius 3 is 3.00 bits per heavy atom. The highest BCUT2D eigenvalue weighted by atomic mass is 32.1. The molecule has 1 aromatic heterocycles. The molecule has 1 heterocycles. The summed E-state index contributed by atoms with van der Waals surface area (Å²) >= 11 is 1.45. The van der Waals surface area contributed by atoms with Crippen molar-refractivity contribution < 1.29 is 9.53 Å². The number of thiazole rings is 1. The van der Waals surface area contributed by atoms with E-state index in [1.807, 2.05) is 26.0 Å². The van der Waals surface area contributed by atoms with Crippen molar-refractivity contribution in [1.82, 2.24) is 4.98 Å². The fraction of sp³-hybridized carbons (Fsp3) is 0.400. The Morgan fingerprint density at radius 1 is 1.64 bits per heavy atom. The Bertz CT molecular complexity index is 331. The minimum absolute atomic E-state index is 0.323. The number of aryl methyl sites for hydroxylation is 1. The standard InChI is InChI=1S/C10H13NO2S/c1-3-4-5-6-13-10(12)9-7-14-8(2)11-9/h4-5,7H,3,6H2,1-2H3. The molecule has 76 valence electrons. The van der Waals surface area contributed by atoms with Gasteiger partial charge in [-0.2, -0.15) is 0 Å². The van der Waals surface area contributed by atoms with Crippen molar-refractivity contribution in [2.45, 2.75) is 20.3 Å². The molecule has 1 rings (SSSR count). The van der Waals surface area contributed by atoms with Gasteiger partial charge >= 0.3 is 5.97 Å². The zero-order valence-electron chi connectivity index (χ0n) is 8.32. The van der Waals surface area contributed by atoms with Crippen LogP contribution in [0, 0.1) is 6.92 Å². The molecule has 0 unspecified atom stereocenters. The van der Waals surface area contributed by atoms with Crippen molar-refractivity contribution >= 4 is 17.3 Å².